The van der Waals surface area contributed by atoms with Gasteiger partial charge in [-0.1, -0.05) is 29.8 Å². The standard InChI is InChI=1S/C19H21N3O5S2/c23-28(24,14-18-17-9-2-3-10-19(17)27-20-18)21-15-7-6-8-16(13-15)29(25,26)22-11-4-1-5-12-22/h2-3,6-10,13,21H,1,4-5,11-12,14H2. The Balaban J connectivity index is 1.55. The molecule has 2 heterocycles. The highest BCUT2D eigenvalue weighted by Gasteiger charge is 2.26. The summed E-state index contributed by atoms with van der Waals surface area (Å²) in [7, 11) is -7.46. The zero-order valence-corrected chi connectivity index (χ0v) is 17.2. The third kappa shape index (κ3) is 4.29. The molecule has 1 aliphatic rings. The lowest BCUT2D eigenvalue weighted by atomic mass is 10.2. The van der Waals surface area contributed by atoms with Gasteiger partial charge in [0, 0.05) is 24.2 Å². The molecule has 0 bridgehead atoms. The van der Waals surface area contributed by atoms with E-state index >= 15 is 0 Å². The van der Waals surface area contributed by atoms with E-state index in [2.05, 4.69) is 9.88 Å². The summed E-state index contributed by atoms with van der Waals surface area (Å²) >= 11 is 0. The van der Waals surface area contributed by atoms with E-state index in [0.717, 1.165) is 19.3 Å². The molecule has 3 aromatic rings. The number of benzene rings is 2. The molecule has 0 unspecified atom stereocenters. The molecule has 8 nitrogen and oxygen atoms in total. The van der Waals surface area contributed by atoms with Gasteiger partial charge in [-0.3, -0.25) is 4.72 Å². The largest absolute Gasteiger partial charge is 0.356 e. The molecule has 1 aliphatic heterocycles. The maximum Gasteiger partial charge on any atom is 0.243 e. The van der Waals surface area contributed by atoms with Gasteiger partial charge in [0.15, 0.2) is 5.58 Å². The van der Waals surface area contributed by atoms with Gasteiger partial charge in [0.2, 0.25) is 20.0 Å². The predicted molar refractivity (Wildman–Crippen MR) is 109 cm³/mol. The normalized spacial score (nSPS) is 16.1. The van der Waals surface area contributed by atoms with Crippen molar-refractivity contribution in [1.82, 2.24) is 9.46 Å². The van der Waals surface area contributed by atoms with Crippen LogP contribution >= 0.6 is 0 Å². The topological polar surface area (TPSA) is 110 Å². The first kappa shape index (κ1) is 19.9. The number of nitrogens with zero attached hydrogens (tertiary/aromatic N) is 2. The van der Waals surface area contributed by atoms with Crippen molar-refractivity contribution >= 4 is 36.7 Å². The number of hydrogen-bond donors (Lipinski definition) is 1. The molecule has 154 valence electrons. The van der Waals surface area contributed by atoms with Gasteiger partial charge in [0.25, 0.3) is 0 Å². The van der Waals surface area contributed by atoms with Crippen molar-refractivity contribution in [3.63, 3.8) is 0 Å². The van der Waals surface area contributed by atoms with Crippen LogP contribution in [0.3, 0.4) is 0 Å². The first-order chi connectivity index (χ1) is 13.9. The van der Waals surface area contributed by atoms with Gasteiger partial charge in [0.05, 0.1) is 4.90 Å². The van der Waals surface area contributed by atoms with Crippen LogP contribution in [0, 0.1) is 0 Å². The second kappa shape index (κ2) is 7.77. The van der Waals surface area contributed by atoms with E-state index in [9.17, 15) is 16.8 Å². The van der Waals surface area contributed by atoms with Crippen LogP contribution in [0.15, 0.2) is 57.9 Å². The van der Waals surface area contributed by atoms with Gasteiger partial charge in [0.1, 0.15) is 11.4 Å². The highest BCUT2D eigenvalue weighted by molar-refractivity contribution is 7.92. The molecule has 0 saturated carbocycles. The van der Waals surface area contributed by atoms with E-state index < -0.39 is 20.0 Å². The summed E-state index contributed by atoms with van der Waals surface area (Å²) in [5.74, 6) is -0.382. The van der Waals surface area contributed by atoms with Crippen molar-refractivity contribution < 1.29 is 21.4 Å². The fraction of sp³-hybridized carbons (Fsp3) is 0.316. The number of aromatic nitrogens is 1. The Morgan fingerprint density at radius 1 is 0.966 bits per heavy atom. The minimum atomic E-state index is -3.82. The van der Waals surface area contributed by atoms with Crippen LogP contribution in [0.5, 0.6) is 0 Å². The first-order valence-corrected chi connectivity index (χ1v) is 12.4. The minimum absolute atomic E-state index is 0.0754. The number of nitrogens with one attached hydrogen (secondary N) is 1. The first-order valence-electron chi connectivity index (χ1n) is 9.29. The van der Waals surface area contributed by atoms with E-state index in [1.165, 1.54) is 28.6 Å². The van der Waals surface area contributed by atoms with Gasteiger partial charge in [-0.15, -0.1) is 0 Å². The molecule has 0 radical (unpaired) electrons. The van der Waals surface area contributed by atoms with Crippen molar-refractivity contribution in [1.29, 1.82) is 0 Å². The molecule has 1 aromatic heterocycles. The molecule has 0 spiro atoms. The minimum Gasteiger partial charge on any atom is -0.356 e. The highest BCUT2D eigenvalue weighted by atomic mass is 32.2. The molecule has 10 heteroatoms. The predicted octanol–water partition coefficient (Wildman–Crippen LogP) is 2.94. The van der Waals surface area contributed by atoms with Crippen LogP contribution in [0.1, 0.15) is 25.0 Å². The Morgan fingerprint density at radius 2 is 1.72 bits per heavy atom. The van der Waals surface area contributed by atoms with E-state index in [4.69, 9.17) is 4.52 Å². The smallest absolute Gasteiger partial charge is 0.243 e. The molecule has 1 saturated heterocycles. The van der Waals surface area contributed by atoms with Crippen LogP contribution in [0.4, 0.5) is 5.69 Å². The molecular weight excluding hydrogens is 414 g/mol. The number of hydrogen-bond acceptors (Lipinski definition) is 6. The fourth-order valence-corrected chi connectivity index (χ4v) is 6.10. The number of anilines is 1. The fourth-order valence-electron chi connectivity index (χ4n) is 3.41. The van der Waals surface area contributed by atoms with E-state index in [0.29, 0.717) is 29.8 Å². The van der Waals surface area contributed by atoms with E-state index in [-0.39, 0.29) is 16.3 Å². The summed E-state index contributed by atoms with van der Waals surface area (Å²) < 4.78 is 60.0. The van der Waals surface area contributed by atoms with Gasteiger partial charge in [-0.2, -0.15) is 4.31 Å². The van der Waals surface area contributed by atoms with Gasteiger partial charge in [-0.05, 0) is 43.2 Å². The van der Waals surface area contributed by atoms with Crippen LogP contribution in [0.25, 0.3) is 11.0 Å². The summed E-state index contributed by atoms with van der Waals surface area (Å²) in [4.78, 5) is 0.0754. The average Bonchev–Trinajstić information content (AvgIpc) is 3.11. The average molecular weight is 436 g/mol. The Labute approximate surface area is 169 Å². The Bertz CT molecular complexity index is 1230. The highest BCUT2D eigenvalue weighted by Crippen LogP contribution is 2.24. The quantitative estimate of drug-likeness (QED) is 0.637. The molecule has 29 heavy (non-hydrogen) atoms. The lowest BCUT2D eigenvalue weighted by Crippen LogP contribution is -2.35. The van der Waals surface area contributed by atoms with Crippen molar-refractivity contribution in [2.24, 2.45) is 0 Å². The molecule has 4 rings (SSSR count). The second-order valence-electron chi connectivity index (χ2n) is 6.98. The summed E-state index contributed by atoms with van der Waals surface area (Å²) in [5, 5.41) is 4.47. The van der Waals surface area contributed by atoms with Crippen molar-refractivity contribution in [2.45, 2.75) is 29.9 Å². The number of piperidine rings is 1. The maximum absolute atomic E-state index is 12.8. The van der Waals surface area contributed by atoms with Crippen LogP contribution in [-0.2, 0) is 25.8 Å². The lowest BCUT2D eigenvalue weighted by Gasteiger charge is -2.26. The number of sulfonamides is 2. The van der Waals surface area contributed by atoms with Crippen LogP contribution < -0.4 is 4.72 Å². The second-order valence-corrected chi connectivity index (χ2v) is 10.6. The number of rotatable bonds is 6. The molecular formula is C19H21N3O5S2. The lowest BCUT2D eigenvalue weighted by molar-refractivity contribution is 0.346. The van der Waals surface area contributed by atoms with E-state index in [1.807, 2.05) is 0 Å². The van der Waals surface area contributed by atoms with Crippen molar-refractivity contribution in [3.8, 4) is 0 Å². The van der Waals surface area contributed by atoms with Crippen molar-refractivity contribution in [3.05, 3.63) is 54.2 Å². The SMILES string of the molecule is O=S(=O)(Cc1noc2ccccc12)Nc1cccc(S(=O)(=O)N2CCCCC2)c1. The van der Waals surface area contributed by atoms with Gasteiger partial charge < -0.3 is 4.52 Å². The molecule has 0 atom stereocenters. The molecule has 1 N–H and O–H groups in total. The number of fused-ring (bicyclic) bond motifs is 1. The Kier molecular flexibility index (Phi) is 5.32. The zero-order chi connectivity index (χ0) is 20.5. The van der Waals surface area contributed by atoms with Crippen LogP contribution in [-0.4, -0.2) is 39.4 Å². The van der Waals surface area contributed by atoms with Gasteiger partial charge >= 0.3 is 0 Å². The van der Waals surface area contributed by atoms with Gasteiger partial charge in [-0.25, -0.2) is 16.8 Å². The Hall–Kier alpha value is -2.43. The summed E-state index contributed by atoms with van der Waals surface area (Å²) in [6, 6.07) is 12.9. The van der Waals surface area contributed by atoms with Crippen molar-refractivity contribution in [2.75, 3.05) is 17.8 Å². The molecule has 1 fully saturated rings. The molecule has 0 aliphatic carbocycles. The number of para-hydroxylation sites is 1. The Morgan fingerprint density at radius 3 is 2.52 bits per heavy atom. The summed E-state index contributed by atoms with van der Waals surface area (Å²) in [6.07, 6.45) is 2.68. The van der Waals surface area contributed by atoms with E-state index in [1.54, 1.807) is 24.3 Å². The summed E-state index contributed by atoms with van der Waals surface area (Å²) in [6.45, 7) is 0.967. The third-order valence-electron chi connectivity index (χ3n) is 4.84. The third-order valence-corrected chi connectivity index (χ3v) is 7.93. The zero-order valence-electron chi connectivity index (χ0n) is 15.6. The molecule has 2 aromatic carbocycles. The summed E-state index contributed by atoms with van der Waals surface area (Å²) in [5.41, 5.74) is 0.994. The van der Waals surface area contributed by atoms with Crippen LogP contribution in [0.2, 0.25) is 0 Å². The monoisotopic (exact) mass is 435 g/mol. The molecule has 0 amide bonds. The maximum atomic E-state index is 12.8.